The van der Waals surface area contributed by atoms with E-state index in [0.717, 1.165) is 12.8 Å². The maximum Gasteiger partial charge on any atom is 0.409 e. The molecule has 1 amide bonds. The first-order chi connectivity index (χ1) is 9.72. The van der Waals surface area contributed by atoms with Crippen LogP contribution >= 0.6 is 0 Å². The van der Waals surface area contributed by atoms with Gasteiger partial charge in [0.2, 0.25) is 0 Å². The minimum atomic E-state index is -0.246. The SMILES string of the molecule is CCOC(=O)N1CCC(Nc2cnc(C#N)cn2)CC1. The number of aromatic nitrogens is 2. The number of nitrogens with one attached hydrogen (secondary N) is 1. The fraction of sp³-hybridized carbons (Fsp3) is 0.538. The van der Waals surface area contributed by atoms with Crippen LogP contribution in [-0.4, -0.2) is 46.7 Å². The first-order valence-corrected chi connectivity index (χ1v) is 6.63. The van der Waals surface area contributed by atoms with Crippen LogP contribution in [0.4, 0.5) is 10.6 Å². The van der Waals surface area contributed by atoms with Gasteiger partial charge in [0.05, 0.1) is 19.0 Å². The van der Waals surface area contributed by atoms with Crippen molar-refractivity contribution >= 4 is 11.9 Å². The van der Waals surface area contributed by atoms with E-state index in [1.165, 1.54) is 6.20 Å². The van der Waals surface area contributed by atoms with Crippen molar-refractivity contribution in [2.75, 3.05) is 25.0 Å². The van der Waals surface area contributed by atoms with Gasteiger partial charge in [0.15, 0.2) is 5.69 Å². The highest BCUT2D eigenvalue weighted by Gasteiger charge is 2.23. The molecule has 0 spiro atoms. The van der Waals surface area contributed by atoms with Crippen molar-refractivity contribution < 1.29 is 9.53 Å². The molecular formula is C13H17N5O2. The molecule has 0 aromatic carbocycles. The van der Waals surface area contributed by atoms with Gasteiger partial charge < -0.3 is 15.0 Å². The number of carbonyl (C=O) groups excluding carboxylic acids is 1. The predicted octanol–water partition coefficient (Wildman–Crippen LogP) is 1.38. The van der Waals surface area contributed by atoms with Gasteiger partial charge in [-0.25, -0.2) is 14.8 Å². The van der Waals surface area contributed by atoms with Crippen LogP contribution in [0.1, 0.15) is 25.5 Å². The molecule has 1 aromatic rings. The molecule has 1 aromatic heterocycles. The number of carbonyl (C=O) groups is 1. The first kappa shape index (κ1) is 14.1. The highest BCUT2D eigenvalue weighted by atomic mass is 16.6. The molecule has 0 aliphatic carbocycles. The molecule has 1 aliphatic rings. The summed E-state index contributed by atoms with van der Waals surface area (Å²) in [5, 5.41) is 11.9. The zero-order chi connectivity index (χ0) is 14.4. The summed E-state index contributed by atoms with van der Waals surface area (Å²) in [4.78, 5) is 21.4. The van der Waals surface area contributed by atoms with Gasteiger partial charge in [0, 0.05) is 19.1 Å². The fourth-order valence-electron chi connectivity index (χ4n) is 2.09. The van der Waals surface area contributed by atoms with Gasteiger partial charge in [-0.1, -0.05) is 0 Å². The molecule has 0 atom stereocenters. The van der Waals surface area contributed by atoms with E-state index < -0.39 is 0 Å². The summed E-state index contributed by atoms with van der Waals surface area (Å²) in [5.74, 6) is 0.651. The Balaban J connectivity index is 1.82. The number of nitrogens with zero attached hydrogens (tertiary/aromatic N) is 4. The van der Waals surface area contributed by atoms with Crippen LogP contribution in [0.5, 0.6) is 0 Å². The first-order valence-electron chi connectivity index (χ1n) is 6.63. The van der Waals surface area contributed by atoms with E-state index in [2.05, 4.69) is 15.3 Å². The molecule has 106 valence electrons. The van der Waals surface area contributed by atoms with Crippen molar-refractivity contribution in [3.05, 3.63) is 18.1 Å². The van der Waals surface area contributed by atoms with E-state index in [-0.39, 0.29) is 12.1 Å². The second-order valence-corrected chi connectivity index (χ2v) is 4.50. The number of nitriles is 1. The van der Waals surface area contributed by atoms with E-state index in [1.807, 2.05) is 6.07 Å². The molecule has 7 heteroatoms. The number of rotatable bonds is 3. The third-order valence-electron chi connectivity index (χ3n) is 3.14. The second-order valence-electron chi connectivity index (χ2n) is 4.50. The summed E-state index contributed by atoms with van der Waals surface area (Å²) in [6, 6.07) is 2.18. The molecule has 0 saturated carbocycles. The van der Waals surface area contributed by atoms with E-state index in [1.54, 1.807) is 18.0 Å². The minimum absolute atomic E-state index is 0.246. The van der Waals surface area contributed by atoms with Crippen LogP contribution in [0.3, 0.4) is 0 Å². The summed E-state index contributed by atoms with van der Waals surface area (Å²) in [7, 11) is 0. The average Bonchev–Trinajstić information content (AvgIpc) is 2.49. The Hall–Kier alpha value is -2.36. The Kier molecular flexibility index (Phi) is 4.71. The third kappa shape index (κ3) is 3.57. The average molecular weight is 275 g/mol. The van der Waals surface area contributed by atoms with Crippen molar-refractivity contribution in [3.8, 4) is 6.07 Å². The number of hydrogen-bond donors (Lipinski definition) is 1. The number of ether oxygens (including phenoxy) is 1. The minimum Gasteiger partial charge on any atom is -0.450 e. The second kappa shape index (κ2) is 6.70. The van der Waals surface area contributed by atoms with Gasteiger partial charge in [-0.15, -0.1) is 0 Å². The van der Waals surface area contributed by atoms with Crippen molar-refractivity contribution in [1.82, 2.24) is 14.9 Å². The Labute approximate surface area is 117 Å². The fourth-order valence-corrected chi connectivity index (χ4v) is 2.09. The summed E-state index contributed by atoms with van der Waals surface area (Å²) < 4.78 is 4.97. The highest BCUT2D eigenvalue weighted by Crippen LogP contribution is 2.15. The highest BCUT2D eigenvalue weighted by molar-refractivity contribution is 5.67. The summed E-state index contributed by atoms with van der Waals surface area (Å²) in [6.07, 6.45) is 4.41. The van der Waals surface area contributed by atoms with E-state index >= 15 is 0 Å². The molecule has 1 saturated heterocycles. The predicted molar refractivity (Wildman–Crippen MR) is 72.0 cm³/mol. The van der Waals surface area contributed by atoms with Crippen molar-refractivity contribution in [3.63, 3.8) is 0 Å². The lowest BCUT2D eigenvalue weighted by Crippen LogP contribution is -2.42. The van der Waals surface area contributed by atoms with Crippen molar-refractivity contribution in [2.24, 2.45) is 0 Å². The molecule has 0 bridgehead atoms. The largest absolute Gasteiger partial charge is 0.450 e. The van der Waals surface area contributed by atoms with Crippen LogP contribution < -0.4 is 5.32 Å². The van der Waals surface area contributed by atoms with E-state index in [4.69, 9.17) is 10.00 Å². The normalized spacial score (nSPS) is 15.5. The lowest BCUT2D eigenvalue weighted by molar-refractivity contribution is 0.0983. The lowest BCUT2D eigenvalue weighted by atomic mass is 10.1. The van der Waals surface area contributed by atoms with Crippen LogP contribution in [0, 0.1) is 11.3 Å². The third-order valence-corrected chi connectivity index (χ3v) is 3.14. The van der Waals surface area contributed by atoms with Gasteiger partial charge >= 0.3 is 6.09 Å². The molecule has 0 unspecified atom stereocenters. The van der Waals surface area contributed by atoms with Crippen LogP contribution in [0.15, 0.2) is 12.4 Å². The standard InChI is InChI=1S/C13H17N5O2/c1-2-20-13(19)18-5-3-10(4-6-18)17-12-9-15-11(7-14)8-16-12/h8-10H,2-6H2,1H3,(H,16,17). The van der Waals surface area contributed by atoms with Gasteiger partial charge in [0.25, 0.3) is 0 Å². The molecule has 2 heterocycles. The Morgan fingerprint density at radius 3 is 2.80 bits per heavy atom. The molecule has 7 nitrogen and oxygen atoms in total. The Morgan fingerprint density at radius 2 is 2.25 bits per heavy atom. The van der Waals surface area contributed by atoms with Crippen LogP contribution in [0.25, 0.3) is 0 Å². The summed E-state index contributed by atoms with van der Waals surface area (Å²) in [5.41, 5.74) is 0.299. The van der Waals surface area contributed by atoms with Crippen molar-refractivity contribution in [2.45, 2.75) is 25.8 Å². The van der Waals surface area contributed by atoms with Gasteiger partial charge in [-0.05, 0) is 19.8 Å². The number of piperidine rings is 1. The smallest absolute Gasteiger partial charge is 0.409 e. The molecule has 2 rings (SSSR count). The van der Waals surface area contributed by atoms with Crippen molar-refractivity contribution in [1.29, 1.82) is 5.26 Å². The Bertz CT molecular complexity index is 488. The maximum atomic E-state index is 11.6. The quantitative estimate of drug-likeness (QED) is 0.896. The molecule has 1 fully saturated rings. The number of hydrogen-bond acceptors (Lipinski definition) is 6. The number of amides is 1. The molecule has 0 radical (unpaired) electrons. The Morgan fingerprint density at radius 1 is 1.50 bits per heavy atom. The number of anilines is 1. The monoisotopic (exact) mass is 275 g/mol. The lowest BCUT2D eigenvalue weighted by Gasteiger charge is -2.31. The molecular weight excluding hydrogens is 258 g/mol. The van der Waals surface area contributed by atoms with Gasteiger partial charge in [-0.3, -0.25) is 0 Å². The number of likely N-dealkylation sites (tertiary alicyclic amines) is 1. The topological polar surface area (TPSA) is 91.1 Å². The van der Waals surface area contributed by atoms with E-state index in [0.29, 0.717) is 31.2 Å². The summed E-state index contributed by atoms with van der Waals surface area (Å²) >= 11 is 0. The zero-order valence-corrected chi connectivity index (χ0v) is 11.4. The van der Waals surface area contributed by atoms with Gasteiger partial charge in [0.1, 0.15) is 11.9 Å². The maximum absolute atomic E-state index is 11.6. The van der Waals surface area contributed by atoms with Crippen LogP contribution in [-0.2, 0) is 4.74 Å². The molecule has 1 N–H and O–H groups in total. The van der Waals surface area contributed by atoms with E-state index in [9.17, 15) is 4.79 Å². The zero-order valence-electron chi connectivity index (χ0n) is 11.4. The van der Waals surface area contributed by atoms with Gasteiger partial charge in [-0.2, -0.15) is 5.26 Å². The van der Waals surface area contributed by atoms with Crippen LogP contribution in [0.2, 0.25) is 0 Å². The molecule has 1 aliphatic heterocycles. The summed E-state index contributed by atoms with van der Waals surface area (Å²) in [6.45, 7) is 3.54. The molecule has 20 heavy (non-hydrogen) atoms.